The Morgan fingerprint density at radius 3 is 2.53 bits per heavy atom. The smallest absolute Gasteiger partial charge is 0.259 e. The summed E-state index contributed by atoms with van der Waals surface area (Å²) in [4.78, 5) is 35.9. The molecule has 164 valence electrons. The Balaban J connectivity index is 1.31. The number of amides is 2. The van der Waals surface area contributed by atoms with Crippen molar-refractivity contribution in [2.75, 3.05) is 36.0 Å². The van der Waals surface area contributed by atoms with Crippen molar-refractivity contribution in [3.05, 3.63) is 70.8 Å². The molecule has 1 atom stereocenters. The average molecular weight is 451 g/mol. The van der Waals surface area contributed by atoms with Gasteiger partial charge in [-0.3, -0.25) is 24.2 Å². The maximum absolute atomic E-state index is 13.1. The number of hydrogen-bond donors (Lipinski definition) is 0. The normalized spacial score (nSPS) is 18.3. The molecule has 32 heavy (non-hydrogen) atoms. The van der Waals surface area contributed by atoms with Crippen LogP contribution in [0.15, 0.2) is 49.1 Å². The van der Waals surface area contributed by atoms with Gasteiger partial charge in [0.1, 0.15) is 0 Å². The monoisotopic (exact) mass is 450 g/mol. The van der Waals surface area contributed by atoms with Crippen molar-refractivity contribution in [3.8, 4) is 0 Å². The highest BCUT2D eigenvalue weighted by atomic mass is 35.5. The van der Waals surface area contributed by atoms with E-state index in [1.165, 1.54) is 0 Å². The number of benzene rings is 1. The first kappa shape index (κ1) is 20.5. The zero-order valence-corrected chi connectivity index (χ0v) is 18.7. The van der Waals surface area contributed by atoms with Gasteiger partial charge in [0.25, 0.3) is 11.8 Å². The molecule has 0 unspecified atom stereocenters. The van der Waals surface area contributed by atoms with Crippen LogP contribution in [0.25, 0.3) is 0 Å². The molecule has 2 amide bonds. The topological polar surface area (TPSA) is 74.6 Å². The Bertz CT molecular complexity index is 1200. The van der Waals surface area contributed by atoms with Crippen molar-refractivity contribution in [3.63, 3.8) is 0 Å². The van der Waals surface area contributed by atoms with Gasteiger partial charge in [-0.1, -0.05) is 11.6 Å². The molecule has 1 fully saturated rings. The number of halogens is 1. The van der Waals surface area contributed by atoms with Gasteiger partial charge in [0.05, 0.1) is 41.6 Å². The first-order chi connectivity index (χ1) is 15.4. The number of carbonyl (C=O) groups is 2. The van der Waals surface area contributed by atoms with Crippen LogP contribution < -0.4 is 9.80 Å². The van der Waals surface area contributed by atoms with Gasteiger partial charge < -0.3 is 9.80 Å². The lowest BCUT2D eigenvalue weighted by atomic mass is 10.1. The number of nitrogens with zero attached hydrogens (tertiary/aromatic N) is 6. The van der Waals surface area contributed by atoms with Crippen LogP contribution in [0.5, 0.6) is 0 Å². The summed E-state index contributed by atoms with van der Waals surface area (Å²) in [5.41, 5.74) is 3.89. The Morgan fingerprint density at radius 2 is 1.81 bits per heavy atom. The average Bonchev–Trinajstić information content (AvgIpc) is 3.34. The van der Waals surface area contributed by atoms with Gasteiger partial charge in [-0.15, -0.1) is 0 Å². The Labute approximate surface area is 191 Å². The predicted octanol–water partition coefficient (Wildman–Crippen LogP) is 3.15. The van der Waals surface area contributed by atoms with Crippen LogP contribution in [0, 0.1) is 0 Å². The van der Waals surface area contributed by atoms with Gasteiger partial charge in [-0.05, 0) is 36.8 Å². The standard InChI is InChI=1S/C23H23ClN6O2/c1-15-21-9-17(24)3-4-20(21)23(32)30(15)19-10-18(12-25-13-19)28-5-7-29(8-6-28)22(31)16-11-26-27(2)14-16/h3-4,9-15H,5-8H2,1-2H3/t15-/m1/s1. The van der Waals surface area contributed by atoms with Gasteiger partial charge in [-0.2, -0.15) is 5.10 Å². The third-order valence-corrected chi connectivity index (χ3v) is 6.41. The van der Waals surface area contributed by atoms with Gasteiger partial charge in [-0.25, -0.2) is 0 Å². The Hall–Kier alpha value is -3.39. The van der Waals surface area contributed by atoms with Crippen LogP contribution in [0.3, 0.4) is 0 Å². The summed E-state index contributed by atoms with van der Waals surface area (Å²) in [7, 11) is 1.80. The third-order valence-electron chi connectivity index (χ3n) is 6.17. The van der Waals surface area contributed by atoms with Crippen LogP contribution >= 0.6 is 11.6 Å². The van der Waals surface area contributed by atoms with E-state index in [-0.39, 0.29) is 17.9 Å². The quantitative estimate of drug-likeness (QED) is 0.612. The van der Waals surface area contributed by atoms with E-state index in [1.807, 2.05) is 24.0 Å². The molecule has 0 radical (unpaired) electrons. The van der Waals surface area contributed by atoms with Crippen molar-refractivity contribution < 1.29 is 9.59 Å². The van der Waals surface area contributed by atoms with Crippen LogP contribution in [-0.2, 0) is 7.05 Å². The largest absolute Gasteiger partial charge is 0.367 e. The summed E-state index contributed by atoms with van der Waals surface area (Å²) in [6.45, 7) is 4.60. The van der Waals surface area contributed by atoms with Crippen molar-refractivity contribution in [2.45, 2.75) is 13.0 Å². The molecule has 5 rings (SSSR count). The molecule has 1 aromatic carbocycles. The molecule has 3 aromatic rings. The maximum atomic E-state index is 13.1. The van der Waals surface area contributed by atoms with Gasteiger partial charge in [0, 0.05) is 50.0 Å². The van der Waals surface area contributed by atoms with E-state index in [2.05, 4.69) is 15.0 Å². The molecule has 0 N–H and O–H groups in total. The predicted molar refractivity (Wildman–Crippen MR) is 122 cm³/mol. The summed E-state index contributed by atoms with van der Waals surface area (Å²) >= 11 is 6.15. The Kier molecular flexibility index (Phi) is 5.09. The summed E-state index contributed by atoms with van der Waals surface area (Å²) in [5, 5.41) is 4.71. The number of hydrogen-bond acceptors (Lipinski definition) is 5. The third kappa shape index (κ3) is 3.50. The minimum Gasteiger partial charge on any atom is -0.367 e. The van der Waals surface area contributed by atoms with E-state index >= 15 is 0 Å². The first-order valence-corrected chi connectivity index (χ1v) is 10.9. The number of fused-ring (bicyclic) bond motifs is 1. The van der Waals surface area contributed by atoms with Crippen molar-refractivity contribution >= 4 is 34.8 Å². The number of aryl methyl sites for hydroxylation is 1. The molecular weight excluding hydrogens is 428 g/mol. The number of carbonyl (C=O) groups excluding carboxylic acids is 2. The molecule has 2 aliphatic rings. The second-order valence-electron chi connectivity index (χ2n) is 8.17. The number of piperazine rings is 1. The molecule has 0 spiro atoms. The van der Waals surface area contributed by atoms with Crippen molar-refractivity contribution in [1.82, 2.24) is 19.7 Å². The second kappa shape index (κ2) is 7.94. The SMILES string of the molecule is C[C@@H]1c2cc(Cl)ccc2C(=O)N1c1cncc(N2CCN(C(=O)c3cnn(C)c3)CC2)c1. The van der Waals surface area contributed by atoms with E-state index in [0.717, 1.165) is 16.9 Å². The molecular formula is C23H23ClN6O2. The molecule has 0 bridgehead atoms. The van der Waals surface area contributed by atoms with Crippen LogP contribution in [0.1, 0.15) is 39.2 Å². The molecule has 4 heterocycles. The summed E-state index contributed by atoms with van der Waals surface area (Å²) in [6.07, 6.45) is 6.86. The van der Waals surface area contributed by atoms with E-state index in [4.69, 9.17) is 11.6 Å². The minimum atomic E-state index is -0.123. The summed E-state index contributed by atoms with van der Waals surface area (Å²) in [5.74, 6) is -0.0486. The van der Waals surface area contributed by atoms with E-state index in [9.17, 15) is 9.59 Å². The lowest BCUT2D eigenvalue weighted by Gasteiger charge is -2.36. The fourth-order valence-electron chi connectivity index (χ4n) is 4.46. The molecule has 8 nitrogen and oxygen atoms in total. The Morgan fingerprint density at radius 1 is 1.06 bits per heavy atom. The highest BCUT2D eigenvalue weighted by Crippen LogP contribution is 2.39. The first-order valence-electron chi connectivity index (χ1n) is 10.5. The highest BCUT2D eigenvalue weighted by Gasteiger charge is 2.35. The molecule has 9 heteroatoms. The highest BCUT2D eigenvalue weighted by molar-refractivity contribution is 6.31. The van der Waals surface area contributed by atoms with E-state index in [1.54, 1.807) is 53.5 Å². The lowest BCUT2D eigenvalue weighted by Crippen LogP contribution is -2.48. The van der Waals surface area contributed by atoms with E-state index < -0.39 is 0 Å². The van der Waals surface area contributed by atoms with Gasteiger partial charge >= 0.3 is 0 Å². The van der Waals surface area contributed by atoms with Crippen molar-refractivity contribution in [2.24, 2.45) is 7.05 Å². The number of anilines is 2. The number of pyridine rings is 1. The summed E-state index contributed by atoms with van der Waals surface area (Å²) < 4.78 is 1.63. The minimum absolute atomic E-state index is 0.00228. The maximum Gasteiger partial charge on any atom is 0.259 e. The fourth-order valence-corrected chi connectivity index (χ4v) is 4.64. The second-order valence-corrected chi connectivity index (χ2v) is 8.60. The molecule has 0 saturated carbocycles. The van der Waals surface area contributed by atoms with Crippen LogP contribution in [0.2, 0.25) is 5.02 Å². The molecule has 2 aliphatic heterocycles. The van der Waals surface area contributed by atoms with Crippen LogP contribution in [-0.4, -0.2) is 57.7 Å². The van der Waals surface area contributed by atoms with Gasteiger partial charge in [0.15, 0.2) is 0 Å². The molecule has 0 aliphatic carbocycles. The van der Waals surface area contributed by atoms with Gasteiger partial charge in [0.2, 0.25) is 0 Å². The fraction of sp³-hybridized carbons (Fsp3) is 0.304. The molecule has 1 saturated heterocycles. The zero-order valence-electron chi connectivity index (χ0n) is 17.9. The number of rotatable bonds is 3. The van der Waals surface area contributed by atoms with E-state index in [0.29, 0.717) is 42.3 Å². The zero-order chi connectivity index (χ0) is 22.4. The van der Waals surface area contributed by atoms with Crippen LogP contribution in [0.4, 0.5) is 11.4 Å². The summed E-state index contributed by atoms with van der Waals surface area (Å²) in [6, 6.07) is 7.26. The lowest BCUT2D eigenvalue weighted by molar-refractivity contribution is 0.0746. The molecule has 2 aromatic heterocycles. The van der Waals surface area contributed by atoms with Crippen molar-refractivity contribution in [1.29, 1.82) is 0 Å². The number of aromatic nitrogens is 3.